The summed E-state index contributed by atoms with van der Waals surface area (Å²) in [5.74, 6) is 0.947. The Bertz CT molecular complexity index is 753. The molecule has 0 aliphatic carbocycles. The topological polar surface area (TPSA) is 44.8 Å². The average molecular weight is 382 g/mol. The van der Waals surface area contributed by atoms with Gasteiger partial charge in [0.25, 0.3) is 0 Å². The summed E-state index contributed by atoms with van der Waals surface area (Å²) in [7, 11) is 1.70. The Hall–Kier alpha value is -2.53. The third-order valence-corrected chi connectivity index (χ3v) is 5.22. The van der Waals surface area contributed by atoms with E-state index in [1.807, 2.05) is 30.3 Å². The van der Waals surface area contributed by atoms with Crippen molar-refractivity contribution in [2.24, 2.45) is 0 Å². The first-order valence-corrected chi connectivity index (χ1v) is 10.2. The largest absolute Gasteiger partial charge is 0.495 e. The number of carbonyl (C=O) groups excluding carboxylic acids is 1. The Balaban J connectivity index is 1.46. The molecule has 1 aliphatic heterocycles. The van der Waals surface area contributed by atoms with E-state index in [4.69, 9.17) is 4.74 Å². The van der Waals surface area contributed by atoms with Gasteiger partial charge in [0, 0.05) is 31.9 Å². The van der Waals surface area contributed by atoms with Crippen LogP contribution in [0.1, 0.15) is 25.3 Å². The fourth-order valence-corrected chi connectivity index (χ4v) is 3.58. The van der Waals surface area contributed by atoms with Crippen molar-refractivity contribution in [1.82, 2.24) is 4.90 Å². The minimum Gasteiger partial charge on any atom is -0.495 e. The third kappa shape index (κ3) is 5.49. The van der Waals surface area contributed by atoms with Gasteiger partial charge < -0.3 is 15.0 Å². The van der Waals surface area contributed by atoms with Crippen LogP contribution in [0.5, 0.6) is 5.75 Å². The van der Waals surface area contributed by atoms with Gasteiger partial charge in [-0.15, -0.1) is 0 Å². The fraction of sp³-hybridized carbons (Fsp3) is 0.435. The molecule has 0 aromatic heterocycles. The van der Waals surface area contributed by atoms with E-state index >= 15 is 0 Å². The number of unbranched alkanes of at least 4 members (excludes halogenated alkanes) is 1. The summed E-state index contributed by atoms with van der Waals surface area (Å²) < 4.78 is 5.47. The van der Waals surface area contributed by atoms with E-state index in [1.165, 1.54) is 18.4 Å². The lowest BCUT2D eigenvalue weighted by Gasteiger charge is -2.36. The number of nitrogens with one attached hydrogen (secondary N) is 1. The van der Waals surface area contributed by atoms with Gasteiger partial charge in [0.05, 0.1) is 19.3 Å². The van der Waals surface area contributed by atoms with Crippen LogP contribution in [0.2, 0.25) is 0 Å². The summed E-state index contributed by atoms with van der Waals surface area (Å²) in [4.78, 5) is 16.9. The zero-order valence-electron chi connectivity index (χ0n) is 17.0. The van der Waals surface area contributed by atoms with Crippen LogP contribution >= 0.6 is 0 Å². The highest BCUT2D eigenvalue weighted by Crippen LogP contribution is 2.28. The average Bonchev–Trinajstić information content (AvgIpc) is 2.74. The maximum Gasteiger partial charge on any atom is 0.238 e. The van der Waals surface area contributed by atoms with Crippen LogP contribution in [0.3, 0.4) is 0 Å². The highest BCUT2D eigenvalue weighted by atomic mass is 16.5. The van der Waals surface area contributed by atoms with Gasteiger partial charge in [-0.2, -0.15) is 0 Å². The van der Waals surface area contributed by atoms with E-state index in [0.29, 0.717) is 6.54 Å². The number of hydrogen-bond acceptors (Lipinski definition) is 4. The Morgan fingerprint density at radius 1 is 1.04 bits per heavy atom. The van der Waals surface area contributed by atoms with Crippen LogP contribution in [0, 0.1) is 0 Å². The van der Waals surface area contributed by atoms with E-state index in [-0.39, 0.29) is 5.91 Å². The number of para-hydroxylation sites is 2. The molecule has 1 saturated heterocycles. The molecule has 1 amide bonds. The van der Waals surface area contributed by atoms with Gasteiger partial charge in [-0.25, -0.2) is 0 Å². The summed E-state index contributed by atoms with van der Waals surface area (Å²) in [6.07, 6.45) is 3.50. The van der Waals surface area contributed by atoms with Crippen molar-refractivity contribution in [2.75, 3.05) is 50.1 Å². The zero-order valence-corrected chi connectivity index (χ0v) is 17.0. The number of rotatable bonds is 8. The molecule has 1 heterocycles. The van der Waals surface area contributed by atoms with E-state index < -0.39 is 0 Å². The first kappa shape index (κ1) is 20.2. The molecule has 2 aromatic carbocycles. The molecule has 0 radical (unpaired) electrons. The molecule has 3 rings (SSSR count). The lowest BCUT2D eigenvalue weighted by Crippen LogP contribution is -2.48. The van der Waals surface area contributed by atoms with Crippen molar-refractivity contribution in [3.05, 3.63) is 54.1 Å². The van der Waals surface area contributed by atoms with Crippen LogP contribution in [0.25, 0.3) is 0 Å². The minimum absolute atomic E-state index is 0.0482. The van der Waals surface area contributed by atoms with Crippen LogP contribution in [-0.2, 0) is 11.2 Å². The molecule has 0 unspecified atom stereocenters. The third-order valence-electron chi connectivity index (χ3n) is 5.22. The van der Waals surface area contributed by atoms with Crippen molar-refractivity contribution in [3.63, 3.8) is 0 Å². The van der Waals surface area contributed by atoms with E-state index in [9.17, 15) is 4.79 Å². The number of methoxy groups -OCH3 is 1. The Labute approximate surface area is 168 Å². The van der Waals surface area contributed by atoms with Crippen molar-refractivity contribution in [3.8, 4) is 5.75 Å². The van der Waals surface area contributed by atoms with E-state index in [1.54, 1.807) is 7.11 Å². The number of anilines is 2. The SMILES string of the molecule is CCCCc1ccc(NC(=O)CN2CCN(c3ccccc3OC)CC2)cc1. The van der Waals surface area contributed by atoms with Crippen molar-refractivity contribution < 1.29 is 9.53 Å². The molecule has 1 fully saturated rings. The number of piperazine rings is 1. The normalized spacial score (nSPS) is 14.7. The predicted octanol–water partition coefficient (Wildman–Crippen LogP) is 3.80. The summed E-state index contributed by atoms with van der Waals surface area (Å²) in [5, 5.41) is 3.02. The van der Waals surface area contributed by atoms with Crippen molar-refractivity contribution >= 4 is 17.3 Å². The molecular formula is C23H31N3O2. The zero-order chi connectivity index (χ0) is 19.8. The van der Waals surface area contributed by atoms with Crippen LogP contribution in [0.15, 0.2) is 48.5 Å². The summed E-state index contributed by atoms with van der Waals surface area (Å²) in [6.45, 7) is 6.13. The maximum atomic E-state index is 12.4. The molecule has 0 saturated carbocycles. The number of aryl methyl sites for hydroxylation is 1. The second kappa shape index (κ2) is 10.1. The smallest absolute Gasteiger partial charge is 0.238 e. The minimum atomic E-state index is 0.0482. The van der Waals surface area contributed by atoms with Gasteiger partial charge >= 0.3 is 0 Å². The van der Waals surface area contributed by atoms with Crippen LogP contribution in [0.4, 0.5) is 11.4 Å². The second-order valence-corrected chi connectivity index (χ2v) is 7.28. The number of benzene rings is 2. The van der Waals surface area contributed by atoms with Gasteiger partial charge in [0.2, 0.25) is 5.91 Å². The number of amides is 1. The fourth-order valence-electron chi connectivity index (χ4n) is 3.58. The van der Waals surface area contributed by atoms with E-state index in [2.05, 4.69) is 40.2 Å². The summed E-state index contributed by atoms with van der Waals surface area (Å²) in [6, 6.07) is 16.3. The Morgan fingerprint density at radius 3 is 2.43 bits per heavy atom. The number of ether oxygens (including phenoxy) is 1. The molecule has 1 aliphatic rings. The second-order valence-electron chi connectivity index (χ2n) is 7.28. The molecule has 28 heavy (non-hydrogen) atoms. The Kier molecular flexibility index (Phi) is 7.31. The molecular weight excluding hydrogens is 350 g/mol. The Morgan fingerprint density at radius 2 is 1.75 bits per heavy atom. The van der Waals surface area contributed by atoms with Gasteiger partial charge in [-0.1, -0.05) is 37.6 Å². The van der Waals surface area contributed by atoms with Gasteiger partial charge in [0.1, 0.15) is 5.75 Å². The van der Waals surface area contributed by atoms with Crippen molar-refractivity contribution in [2.45, 2.75) is 26.2 Å². The highest BCUT2D eigenvalue weighted by Gasteiger charge is 2.21. The van der Waals surface area contributed by atoms with Gasteiger partial charge in [-0.05, 0) is 42.7 Å². The number of carbonyl (C=O) groups is 1. The van der Waals surface area contributed by atoms with Gasteiger partial charge in [0.15, 0.2) is 0 Å². The standard InChI is InChI=1S/C23H31N3O2/c1-3-4-7-19-10-12-20(13-11-19)24-23(27)18-25-14-16-26(17-15-25)21-8-5-6-9-22(21)28-2/h5-6,8-13H,3-4,7,14-18H2,1-2H3,(H,24,27). The number of nitrogens with zero attached hydrogens (tertiary/aromatic N) is 2. The molecule has 5 nitrogen and oxygen atoms in total. The summed E-state index contributed by atoms with van der Waals surface area (Å²) in [5.41, 5.74) is 3.32. The maximum absolute atomic E-state index is 12.4. The molecule has 0 spiro atoms. The van der Waals surface area contributed by atoms with E-state index in [0.717, 1.165) is 49.7 Å². The summed E-state index contributed by atoms with van der Waals surface area (Å²) >= 11 is 0. The van der Waals surface area contributed by atoms with Crippen LogP contribution in [-0.4, -0.2) is 50.6 Å². The number of hydrogen-bond donors (Lipinski definition) is 1. The molecule has 5 heteroatoms. The lowest BCUT2D eigenvalue weighted by atomic mass is 10.1. The van der Waals surface area contributed by atoms with Gasteiger partial charge in [-0.3, -0.25) is 9.69 Å². The monoisotopic (exact) mass is 381 g/mol. The molecule has 1 N–H and O–H groups in total. The molecule has 0 bridgehead atoms. The predicted molar refractivity (Wildman–Crippen MR) is 115 cm³/mol. The van der Waals surface area contributed by atoms with Crippen LogP contribution < -0.4 is 15.0 Å². The quantitative estimate of drug-likeness (QED) is 0.755. The highest BCUT2D eigenvalue weighted by molar-refractivity contribution is 5.92. The lowest BCUT2D eigenvalue weighted by molar-refractivity contribution is -0.117. The van der Waals surface area contributed by atoms with Crippen molar-refractivity contribution in [1.29, 1.82) is 0 Å². The first-order valence-electron chi connectivity index (χ1n) is 10.2. The molecule has 150 valence electrons. The molecule has 0 atom stereocenters. The molecule has 2 aromatic rings. The first-order chi connectivity index (χ1) is 13.7.